The SMILES string of the molecule is CN(C)[C@@H](CNC(=O)c1ccc(-n2cccn2)nc1)c1cccc(Cl)c1. The summed E-state index contributed by atoms with van der Waals surface area (Å²) in [6.45, 7) is 0.465. The number of rotatable bonds is 6. The van der Waals surface area contributed by atoms with E-state index in [0.29, 0.717) is 22.9 Å². The monoisotopic (exact) mass is 369 g/mol. The van der Waals surface area contributed by atoms with Gasteiger partial charge in [0.25, 0.3) is 5.91 Å². The molecule has 0 radical (unpaired) electrons. The Morgan fingerprint density at radius 3 is 2.73 bits per heavy atom. The maximum atomic E-state index is 12.4. The minimum atomic E-state index is -0.168. The molecule has 1 N–H and O–H groups in total. The molecule has 0 aliphatic carbocycles. The number of hydrogen-bond acceptors (Lipinski definition) is 4. The van der Waals surface area contributed by atoms with Crippen molar-refractivity contribution in [1.29, 1.82) is 0 Å². The van der Waals surface area contributed by atoms with E-state index in [2.05, 4.69) is 15.4 Å². The van der Waals surface area contributed by atoms with Crippen molar-refractivity contribution in [1.82, 2.24) is 25.0 Å². The van der Waals surface area contributed by atoms with Crippen LogP contribution >= 0.6 is 11.6 Å². The van der Waals surface area contributed by atoms with Crippen LogP contribution in [0.5, 0.6) is 0 Å². The van der Waals surface area contributed by atoms with Gasteiger partial charge >= 0.3 is 0 Å². The molecule has 0 aliphatic rings. The molecule has 3 rings (SSSR count). The highest BCUT2D eigenvalue weighted by molar-refractivity contribution is 6.30. The van der Waals surface area contributed by atoms with Gasteiger partial charge in [-0.1, -0.05) is 23.7 Å². The number of benzene rings is 1. The molecule has 6 nitrogen and oxygen atoms in total. The number of amides is 1. The summed E-state index contributed by atoms with van der Waals surface area (Å²) in [4.78, 5) is 18.8. The highest BCUT2D eigenvalue weighted by Crippen LogP contribution is 2.21. The number of nitrogens with one attached hydrogen (secondary N) is 1. The van der Waals surface area contributed by atoms with E-state index < -0.39 is 0 Å². The van der Waals surface area contributed by atoms with E-state index in [4.69, 9.17) is 11.6 Å². The lowest BCUT2D eigenvalue weighted by Crippen LogP contribution is -2.34. The second-order valence-electron chi connectivity index (χ2n) is 6.10. The Hall–Kier alpha value is -2.70. The molecule has 7 heteroatoms. The maximum absolute atomic E-state index is 12.4. The largest absolute Gasteiger partial charge is 0.350 e. The molecule has 1 aromatic carbocycles. The van der Waals surface area contributed by atoms with Crippen molar-refractivity contribution in [2.24, 2.45) is 0 Å². The number of pyridine rings is 1. The molecule has 134 valence electrons. The first-order valence-corrected chi connectivity index (χ1v) is 8.58. The van der Waals surface area contributed by atoms with Crippen LogP contribution in [-0.2, 0) is 0 Å². The fourth-order valence-electron chi connectivity index (χ4n) is 2.66. The van der Waals surface area contributed by atoms with Gasteiger partial charge in [-0.3, -0.25) is 4.79 Å². The molecule has 26 heavy (non-hydrogen) atoms. The van der Waals surface area contributed by atoms with Crippen LogP contribution in [0.2, 0.25) is 5.02 Å². The van der Waals surface area contributed by atoms with Crippen LogP contribution in [0.4, 0.5) is 0 Å². The lowest BCUT2D eigenvalue weighted by molar-refractivity contribution is 0.0941. The highest BCUT2D eigenvalue weighted by atomic mass is 35.5. The number of carbonyl (C=O) groups is 1. The Morgan fingerprint density at radius 2 is 2.12 bits per heavy atom. The van der Waals surface area contributed by atoms with Crippen LogP contribution in [0, 0.1) is 0 Å². The summed E-state index contributed by atoms with van der Waals surface area (Å²) < 4.78 is 1.64. The van der Waals surface area contributed by atoms with Gasteiger partial charge in [-0.05, 0) is 50.0 Å². The van der Waals surface area contributed by atoms with Crippen molar-refractivity contribution in [3.05, 3.63) is 77.2 Å². The first-order chi connectivity index (χ1) is 12.5. The van der Waals surface area contributed by atoms with E-state index in [9.17, 15) is 4.79 Å². The predicted molar refractivity (Wildman–Crippen MR) is 102 cm³/mol. The number of hydrogen-bond donors (Lipinski definition) is 1. The number of aromatic nitrogens is 3. The summed E-state index contributed by atoms with van der Waals surface area (Å²) in [7, 11) is 3.94. The third-order valence-electron chi connectivity index (χ3n) is 4.06. The van der Waals surface area contributed by atoms with Crippen LogP contribution in [0.25, 0.3) is 5.82 Å². The topological polar surface area (TPSA) is 63.1 Å². The van der Waals surface area contributed by atoms with E-state index in [1.54, 1.807) is 35.4 Å². The summed E-state index contributed by atoms with van der Waals surface area (Å²) in [5, 5.41) is 7.76. The summed E-state index contributed by atoms with van der Waals surface area (Å²) in [5.74, 6) is 0.495. The molecular formula is C19H20ClN5O. The van der Waals surface area contributed by atoms with Crippen molar-refractivity contribution in [2.45, 2.75) is 6.04 Å². The van der Waals surface area contributed by atoms with Crippen molar-refractivity contribution >= 4 is 17.5 Å². The number of carbonyl (C=O) groups excluding carboxylic acids is 1. The minimum Gasteiger partial charge on any atom is -0.350 e. The molecule has 0 fully saturated rings. The standard InChI is InChI=1S/C19H20ClN5O/c1-24(2)17(14-5-3-6-16(20)11-14)13-22-19(26)15-7-8-18(21-12-15)25-10-4-9-23-25/h3-12,17H,13H2,1-2H3,(H,22,26)/t17-/m0/s1. The zero-order valence-electron chi connectivity index (χ0n) is 14.6. The Morgan fingerprint density at radius 1 is 1.27 bits per heavy atom. The first kappa shape index (κ1) is 18.1. The fraction of sp³-hybridized carbons (Fsp3) is 0.211. The highest BCUT2D eigenvalue weighted by Gasteiger charge is 2.16. The zero-order chi connectivity index (χ0) is 18.5. The van der Waals surface area contributed by atoms with Crippen LogP contribution in [0.3, 0.4) is 0 Å². The number of nitrogens with zero attached hydrogens (tertiary/aromatic N) is 4. The third-order valence-corrected chi connectivity index (χ3v) is 4.30. The van der Waals surface area contributed by atoms with Crippen molar-refractivity contribution in [3.8, 4) is 5.82 Å². The van der Waals surface area contributed by atoms with Crippen molar-refractivity contribution in [3.63, 3.8) is 0 Å². The molecule has 0 aliphatic heterocycles. The van der Waals surface area contributed by atoms with Crippen LogP contribution in [-0.4, -0.2) is 46.2 Å². The number of halogens is 1. The molecule has 1 atom stereocenters. The van der Waals surface area contributed by atoms with Gasteiger partial charge in [0.05, 0.1) is 11.6 Å². The number of likely N-dealkylation sites (N-methyl/N-ethyl adjacent to an activating group) is 1. The van der Waals surface area contributed by atoms with E-state index in [1.807, 2.05) is 49.3 Å². The summed E-state index contributed by atoms with van der Waals surface area (Å²) in [5.41, 5.74) is 1.56. The van der Waals surface area contributed by atoms with E-state index in [0.717, 1.165) is 5.56 Å². The van der Waals surface area contributed by atoms with Gasteiger partial charge in [0.2, 0.25) is 0 Å². The molecule has 0 saturated carbocycles. The van der Waals surface area contributed by atoms with Gasteiger partial charge in [0.1, 0.15) is 0 Å². The van der Waals surface area contributed by atoms with Crippen molar-refractivity contribution < 1.29 is 4.79 Å². The molecule has 2 aromatic heterocycles. The third kappa shape index (κ3) is 4.28. The average Bonchev–Trinajstić information content (AvgIpc) is 3.16. The summed E-state index contributed by atoms with van der Waals surface area (Å²) in [6, 6.07) is 13.0. The molecule has 3 aromatic rings. The normalized spacial score (nSPS) is 12.2. The average molecular weight is 370 g/mol. The lowest BCUT2D eigenvalue weighted by atomic mass is 10.1. The summed E-state index contributed by atoms with van der Waals surface area (Å²) in [6.07, 6.45) is 5.03. The minimum absolute atomic E-state index is 0.0222. The lowest BCUT2D eigenvalue weighted by Gasteiger charge is -2.25. The van der Waals surface area contributed by atoms with Crippen LogP contribution in [0.1, 0.15) is 22.0 Å². The van der Waals surface area contributed by atoms with Gasteiger partial charge in [-0.25, -0.2) is 9.67 Å². The molecule has 1 amide bonds. The van der Waals surface area contributed by atoms with E-state index in [1.165, 1.54) is 0 Å². The zero-order valence-corrected chi connectivity index (χ0v) is 15.4. The molecular weight excluding hydrogens is 350 g/mol. The van der Waals surface area contributed by atoms with Gasteiger partial charge in [-0.2, -0.15) is 5.10 Å². The van der Waals surface area contributed by atoms with E-state index in [-0.39, 0.29) is 11.9 Å². The molecule has 0 saturated heterocycles. The second-order valence-corrected chi connectivity index (χ2v) is 6.54. The molecule has 0 spiro atoms. The Kier molecular flexibility index (Phi) is 5.65. The molecule has 0 bridgehead atoms. The maximum Gasteiger partial charge on any atom is 0.252 e. The van der Waals surface area contributed by atoms with Crippen molar-refractivity contribution in [2.75, 3.05) is 20.6 Å². The van der Waals surface area contributed by atoms with E-state index >= 15 is 0 Å². The van der Waals surface area contributed by atoms with Gasteiger partial charge < -0.3 is 10.2 Å². The first-order valence-electron chi connectivity index (χ1n) is 8.21. The predicted octanol–water partition coefficient (Wildman–Crippen LogP) is 2.95. The Labute approximate surface area is 157 Å². The Bertz CT molecular complexity index is 862. The van der Waals surface area contributed by atoms with Gasteiger partial charge in [0.15, 0.2) is 5.82 Å². The Balaban J connectivity index is 1.67. The summed E-state index contributed by atoms with van der Waals surface area (Å²) >= 11 is 6.09. The quantitative estimate of drug-likeness (QED) is 0.725. The van der Waals surface area contributed by atoms with Gasteiger partial charge in [-0.15, -0.1) is 0 Å². The smallest absolute Gasteiger partial charge is 0.252 e. The second kappa shape index (κ2) is 8.12. The molecule has 0 unspecified atom stereocenters. The molecule has 2 heterocycles. The van der Waals surface area contributed by atoms with Gasteiger partial charge in [0, 0.05) is 30.2 Å². The fourth-order valence-corrected chi connectivity index (χ4v) is 2.86. The van der Waals surface area contributed by atoms with Crippen LogP contribution in [0.15, 0.2) is 61.1 Å². The van der Waals surface area contributed by atoms with Crippen LogP contribution < -0.4 is 5.32 Å².